The van der Waals surface area contributed by atoms with Gasteiger partial charge in [-0.15, -0.1) is 6.42 Å². The zero-order valence-corrected chi connectivity index (χ0v) is 10.6. The van der Waals surface area contributed by atoms with Gasteiger partial charge in [-0.25, -0.2) is 4.39 Å². The van der Waals surface area contributed by atoms with E-state index in [9.17, 15) is 9.18 Å². The maximum atomic E-state index is 13.2. The molecule has 0 atom stereocenters. The lowest BCUT2D eigenvalue weighted by Crippen LogP contribution is -2.16. The van der Waals surface area contributed by atoms with Crippen molar-refractivity contribution in [3.8, 4) is 12.3 Å². The van der Waals surface area contributed by atoms with Crippen molar-refractivity contribution in [2.24, 2.45) is 4.99 Å². The summed E-state index contributed by atoms with van der Waals surface area (Å²) in [5.41, 5.74) is 0.794. The lowest BCUT2D eigenvalue weighted by molar-refractivity contribution is -0.117. The zero-order valence-electron chi connectivity index (χ0n) is 9.81. The van der Waals surface area contributed by atoms with Gasteiger partial charge in [-0.1, -0.05) is 24.2 Å². The number of rotatable bonds is 2. The molecule has 0 aliphatic rings. The molecular formula is C13H11FN2OS. The highest BCUT2D eigenvalue weighted by Crippen LogP contribution is 2.18. The summed E-state index contributed by atoms with van der Waals surface area (Å²) in [6.45, 7) is 2.05. The fraction of sp³-hybridized carbons (Fsp3) is 0.231. The van der Waals surface area contributed by atoms with Crippen LogP contribution in [0.3, 0.4) is 0 Å². The van der Waals surface area contributed by atoms with Gasteiger partial charge in [-0.2, -0.15) is 4.99 Å². The number of carbonyl (C=O) groups excluding carboxylic acids is 1. The largest absolute Gasteiger partial charge is 0.305 e. The van der Waals surface area contributed by atoms with Crippen molar-refractivity contribution < 1.29 is 9.18 Å². The molecule has 18 heavy (non-hydrogen) atoms. The van der Waals surface area contributed by atoms with Crippen molar-refractivity contribution in [1.29, 1.82) is 0 Å². The number of fused-ring (bicyclic) bond motifs is 1. The fourth-order valence-electron chi connectivity index (χ4n) is 1.56. The standard InChI is InChI=1S/C13H11FN2OS/c1-3-7-16-10-6-5-9(14)8-11(10)18-13(16)15-12(17)4-2/h1,5-6,8H,4,7H2,2H3. The lowest BCUT2D eigenvalue weighted by Gasteiger charge is -1.98. The first-order valence-corrected chi connectivity index (χ1v) is 6.27. The molecule has 1 aromatic carbocycles. The number of amides is 1. The van der Waals surface area contributed by atoms with Crippen LogP contribution in [-0.2, 0) is 11.3 Å². The molecule has 0 saturated carbocycles. The van der Waals surface area contributed by atoms with E-state index in [0.717, 1.165) is 10.2 Å². The Hall–Kier alpha value is -1.93. The third kappa shape index (κ3) is 2.34. The van der Waals surface area contributed by atoms with E-state index in [1.54, 1.807) is 17.6 Å². The molecule has 0 radical (unpaired) electrons. The highest BCUT2D eigenvalue weighted by Gasteiger charge is 2.07. The monoisotopic (exact) mass is 262 g/mol. The molecule has 2 aromatic rings. The van der Waals surface area contributed by atoms with Crippen LogP contribution in [-0.4, -0.2) is 10.5 Å². The number of nitrogens with zero attached hydrogens (tertiary/aromatic N) is 2. The maximum absolute atomic E-state index is 13.2. The van der Waals surface area contributed by atoms with Crippen LogP contribution in [0.25, 0.3) is 10.2 Å². The van der Waals surface area contributed by atoms with Gasteiger partial charge in [0.05, 0.1) is 16.8 Å². The van der Waals surface area contributed by atoms with E-state index in [0.29, 0.717) is 17.8 Å². The quantitative estimate of drug-likeness (QED) is 0.765. The average molecular weight is 262 g/mol. The Balaban J connectivity index is 2.73. The Morgan fingerprint density at radius 1 is 1.61 bits per heavy atom. The van der Waals surface area contributed by atoms with E-state index >= 15 is 0 Å². The van der Waals surface area contributed by atoms with Crippen molar-refractivity contribution >= 4 is 27.5 Å². The molecule has 2 rings (SSSR count). The summed E-state index contributed by atoms with van der Waals surface area (Å²) in [5.74, 6) is 1.98. The highest BCUT2D eigenvalue weighted by atomic mass is 32.1. The maximum Gasteiger partial charge on any atom is 0.248 e. The van der Waals surface area contributed by atoms with E-state index in [1.807, 2.05) is 0 Å². The molecule has 5 heteroatoms. The normalized spacial score (nSPS) is 11.7. The first-order chi connectivity index (χ1) is 8.65. The minimum Gasteiger partial charge on any atom is -0.305 e. The molecule has 0 aliphatic carbocycles. The summed E-state index contributed by atoms with van der Waals surface area (Å²) in [6.07, 6.45) is 5.64. The number of hydrogen-bond acceptors (Lipinski definition) is 2. The van der Waals surface area contributed by atoms with Crippen molar-refractivity contribution in [2.75, 3.05) is 0 Å². The summed E-state index contributed by atoms with van der Waals surface area (Å²) in [6, 6.07) is 4.43. The van der Waals surface area contributed by atoms with Crippen molar-refractivity contribution in [3.63, 3.8) is 0 Å². The van der Waals surface area contributed by atoms with Crippen LogP contribution in [0.1, 0.15) is 13.3 Å². The van der Waals surface area contributed by atoms with Crippen LogP contribution in [0.5, 0.6) is 0 Å². The average Bonchev–Trinajstić information content (AvgIpc) is 2.67. The second kappa shape index (κ2) is 5.15. The predicted molar refractivity (Wildman–Crippen MR) is 69.5 cm³/mol. The number of carbonyl (C=O) groups is 1. The first-order valence-electron chi connectivity index (χ1n) is 5.45. The van der Waals surface area contributed by atoms with Gasteiger partial charge in [0.2, 0.25) is 5.91 Å². The molecule has 0 aliphatic heterocycles. The molecule has 1 aromatic heterocycles. The molecule has 1 amide bonds. The van der Waals surface area contributed by atoms with Gasteiger partial charge in [0.15, 0.2) is 4.80 Å². The Labute approximate surface area is 108 Å². The van der Waals surface area contributed by atoms with Gasteiger partial charge in [0, 0.05) is 6.42 Å². The number of halogens is 1. The smallest absolute Gasteiger partial charge is 0.248 e. The minimum atomic E-state index is -0.315. The van der Waals surface area contributed by atoms with Gasteiger partial charge in [-0.05, 0) is 18.2 Å². The van der Waals surface area contributed by atoms with Crippen molar-refractivity contribution in [1.82, 2.24) is 4.57 Å². The minimum absolute atomic E-state index is 0.215. The Kier molecular flexibility index (Phi) is 3.58. The van der Waals surface area contributed by atoms with E-state index < -0.39 is 0 Å². The highest BCUT2D eigenvalue weighted by molar-refractivity contribution is 7.16. The van der Waals surface area contributed by atoms with Gasteiger partial charge in [0.1, 0.15) is 5.82 Å². The van der Waals surface area contributed by atoms with Crippen LogP contribution in [0, 0.1) is 18.2 Å². The third-order valence-electron chi connectivity index (χ3n) is 2.42. The van der Waals surface area contributed by atoms with Crippen LogP contribution in [0.15, 0.2) is 23.2 Å². The zero-order chi connectivity index (χ0) is 13.1. The van der Waals surface area contributed by atoms with E-state index in [-0.39, 0.29) is 11.7 Å². The van der Waals surface area contributed by atoms with Crippen LogP contribution in [0.4, 0.5) is 4.39 Å². The van der Waals surface area contributed by atoms with E-state index in [2.05, 4.69) is 10.9 Å². The molecule has 3 nitrogen and oxygen atoms in total. The Bertz CT molecular complexity index is 706. The fourth-order valence-corrected chi connectivity index (χ4v) is 2.63. The summed E-state index contributed by atoms with van der Waals surface area (Å²) < 4.78 is 15.6. The topological polar surface area (TPSA) is 34.4 Å². The molecule has 0 unspecified atom stereocenters. The Morgan fingerprint density at radius 3 is 3.06 bits per heavy atom. The number of thiazole rings is 1. The van der Waals surface area contributed by atoms with Crippen LogP contribution < -0.4 is 4.80 Å². The molecule has 92 valence electrons. The number of terminal acetylenes is 1. The van der Waals surface area contributed by atoms with Gasteiger partial charge >= 0.3 is 0 Å². The molecule has 0 fully saturated rings. The van der Waals surface area contributed by atoms with Crippen molar-refractivity contribution in [2.45, 2.75) is 19.9 Å². The third-order valence-corrected chi connectivity index (χ3v) is 3.46. The van der Waals surface area contributed by atoms with Gasteiger partial charge in [-0.3, -0.25) is 4.79 Å². The number of benzene rings is 1. The summed E-state index contributed by atoms with van der Waals surface area (Å²) in [7, 11) is 0. The molecule has 0 N–H and O–H groups in total. The molecular weight excluding hydrogens is 251 g/mol. The first kappa shape index (κ1) is 12.5. The second-order valence-electron chi connectivity index (χ2n) is 3.65. The lowest BCUT2D eigenvalue weighted by atomic mass is 10.3. The second-order valence-corrected chi connectivity index (χ2v) is 4.66. The molecule has 0 spiro atoms. The predicted octanol–water partition coefficient (Wildman–Crippen LogP) is 2.31. The molecule has 0 bridgehead atoms. The van der Waals surface area contributed by atoms with Gasteiger partial charge in [0.25, 0.3) is 0 Å². The van der Waals surface area contributed by atoms with Crippen molar-refractivity contribution in [3.05, 3.63) is 28.8 Å². The summed E-state index contributed by atoms with van der Waals surface area (Å²) >= 11 is 1.26. The Morgan fingerprint density at radius 2 is 2.39 bits per heavy atom. The molecule has 1 heterocycles. The molecule has 0 saturated heterocycles. The van der Waals surface area contributed by atoms with Crippen LogP contribution >= 0.6 is 11.3 Å². The van der Waals surface area contributed by atoms with E-state index in [4.69, 9.17) is 6.42 Å². The van der Waals surface area contributed by atoms with Crippen LogP contribution in [0.2, 0.25) is 0 Å². The number of aromatic nitrogens is 1. The summed E-state index contributed by atoms with van der Waals surface area (Å²) in [4.78, 5) is 15.9. The summed E-state index contributed by atoms with van der Waals surface area (Å²) in [5, 5.41) is 0. The SMILES string of the molecule is C#CCn1c(=NC(=O)CC)sc2cc(F)ccc21. The van der Waals surface area contributed by atoms with E-state index in [1.165, 1.54) is 23.5 Å². The van der Waals surface area contributed by atoms with Gasteiger partial charge < -0.3 is 4.57 Å². The number of hydrogen-bond donors (Lipinski definition) is 0.